The van der Waals surface area contributed by atoms with Crippen LogP contribution >= 0.6 is 0 Å². The molecule has 1 atom stereocenters. The molecule has 1 heterocycles. The number of hydrazine groups is 1. The quantitative estimate of drug-likeness (QED) is 0.398. The van der Waals surface area contributed by atoms with Gasteiger partial charge in [-0.2, -0.15) is 0 Å². The topological polar surface area (TPSA) is 50.9 Å². The molecule has 3 heteroatoms. The second-order valence-corrected chi connectivity index (χ2v) is 2.50. The first-order valence-corrected chi connectivity index (χ1v) is 3.86. The highest BCUT2D eigenvalue weighted by molar-refractivity contribution is 5.09. The summed E-state index contributed by atoms with van der Waals surface area (Å²) in [5, 5.41) is 0. The van der Waals surface area contributed by atoms with E-state index in [0.717, 1.165) is 12.1 Å². The van der Waals surface area contributed by atoms with Gasteiger partial charge in [0.25, 0.3) is 0 Å². The van der Waals surface area contributed by atoms with Crippen LogP contribution in [0.2, 0.25) is 0 Å². The Labute approximate surface area is 72.3 Å². The maximum atomic E-state index is 5.35. The molecule has 0 spiro atoms. The van der Waals surface area contributed by atoms with Gasteiger partial charge in [0.15, 0.2) is 0 Å². The van der Waals surface area contributed by atoms with Gasteiger partial charge in [0.2, 0.25) is 0 Å². The number of pyridine rings is 1. The maximum absolute atomic E-state index is 5.35. The zero-order chi connectivity index (χ0) is 8.81. The average molecular weight is 163 g/mol. The lowest BCUT2D eigenvalue weighted by Gasteiger charge is -2.11. The van der Waals surface area contributed by atoms with Crippen molar-refractivity contribution in [1.29, 1.82) is 0 Å². The summed E-state index contributed by atoms with van der Waals surface area (Å²) in [6.07, 6.45) is 4.36. The predicted octanol–water partition coefficient (Wildman–Crippen LogP) is 1.16. The zero-order valence-corrected chi connectivity index (χ0v) is 6.90. The molecule has 1 aromatic rings. The maximum Gasteiger partial charge on any atom is 0.0666 e. The highest BCUT2D eigenvalue weighted by atomic mass is 15.2. The van der Waals surface area contributed by atoms with Crippen LogP contribution in [0, 0.1) is 0 Å². The van der Waals surface area contributed by atoms with E-state index in [9.17, 15) is 0 Å². The minimum Gasteiger partial charge on any atom is -0.271 e. The van der Waals surface area contributed by atoms with Crippen molar-refractivity contribution in [1.82, 2.24) is 10.4 Å². The highest BCUT2D eigenvalue weighted by Crippen LogP contribution is 2.12. The molecule has 0 fully saturated rings. The third-order valence-electron chi connectivity index (χ3n) is 1.65. The SMILES string of the molecule is C=CCC(NN)c1ccccn1. The van der Waals surface area contributed by atoms with Crippen molar-refractivity contribution in [2.75, 3.05) is 0 Å². The molecule has 1 rings (SSSR count). The Morgan fingerprint density at radius 1 is 1.67 bits per heavy atom. The van der Waals surface area contributed by atoms with Crippen LogP contribution in [0.5, 0.6) is 0 Å². The number of rotatable bonds is 4. The van der Waals surface area contributed by atoms with Crippen molar-refractivity contribution in [2.45, 2.75) is 12.5 Å². The van der Waals surface area contributed by atoms with E-state index in [1.807, 2.05) is 24.3 Å². The van der Waals surface area contributed by atoms with Gasteiger partial charge in [-0.25, -0.2) is 0 Å². The number of hydrogen-bond donors (Lipinski definition) is 2. The van der Waals surface area contributed by atoms with E-state index >= 15 is 0 Å². The van der Waals surface area contributed by atoms with Gasteiger partial charge in [0.05, 0.1) is 11.7 Å². The molecule has 1 unspecified atom stereocenters. The van der Waals surface area contributed by atoms with Gasteiger partial charge in [0, 0.05) is 6.20 Å². The lowest BCUT2D eigenvalue weighted by molar-refractivity contribution is 0.547. The van der Waals surface area contributed by atoms with Crippen molar-refractivity contribution in [3.05, 3.63) is 42.7 Å². The first-order valence-electron chi connectivity index (χ1n) is 3.86. The average Bonchev–Trinajstić information content (AvgIpc) is 2.15. The summed E-state index contributed by atoms with van der Waals surface area (Å²) in [5.74, 6) is 5.35. The van der Waals surface area contributed by atoms with Gasteiger partial charge in [-0.05, 0) is 18.6 Å². The van der Waals surface area contributed by atoms with Crippen LogP contribution in [-0.2, 0) is 0 Å². The second kappa shape index (κ2) is 4.64. The van der Waals surface area contributed by atoms with Crippen LogP contribution in [0.3, 0.4) is 0 Å². The molecule has 0 saturated heterocycles. The summed E-state index contributed by atoms with van der Waals surface area (Å²) in [5.41, 5.74) is 3.63. The second-order valence-electron chi connectivity index (χ2n) is 2.50. The number of aromatic nitrogens is 1. The van der Waals surface area contributed by atoms with Crippen molar-refractivity contribution in [3.63, 3.8) is 0 Å². The fraction of sp³-hybridized carbons (Fsp3) is 0.222. The molecule has 12 heavy (non-hydrogen) atoms. The lowest BCUT2D eigenvalue weighted by Crippen LogP contribution is -2.28. The summed E-state index contributed by atoms with van der Waals surface area (Å²) in [6, 6.07) is 5.83. The normalized spacial score (nSPS) is 12.4. The Morgan fingerprint density at radius 2 is 2.50 bits per heavy atom. The third kappa shape index (κ3) is 2.15. The molecule has 1 aromatic heterocycles. The van der Waals surface area contributed by atoms with Gasteiger partial charge in [-0.15, -0.1) is 6.58 Å². The number of nitrogens with zero attached hydrogens (tertiary/aromatic N) is 1. The Bertz CT molecular complexity index is 233. The highest BCUT2D eigenvalue weighted by Gasteiger charge is 2.06. The summed E-state index contributed by atoms with van der Waals surface area (Å²) in [6.45, 7) is 3.65. The van der Waals surface area contributed by atoms with Crippen LogP contribution in [0.25, 0.3) is 0 Å². The molecule has 0 amide bonds. The van der Waals surface area contributed by atoms with E-state index in [-0.39, 0.29) is 6.04 Å². The first-order chi connectivity index (χ1) is 5.88. The van der Waals surface area contributed by atoms with E-state index in [2.05, 4.69) is 17.0 Å². The predicted molar refractivity (Wildman–Crippen MR) is 49.1 cm³/mol. The molecular formula is C9H13N3. The molecule has 0 aliphatic rings. The molecule has 0 aliphatic carbocycles. The number of nitrogens with two attached hydrogens (primary N) is 1. The van der Waals surface area contributed by atoms with E-state index in [1.165, 1.54) is 0 Å². The molecule has 64 valence electrons. The Morgan fingerprint density at radius 3 is 3.00 bits per heavy atom. The van der Waals surface area contributed by atoms with Crippen molar-refractivity contribution in [3.8, 4) is 0 Å². The third-order valence-corrected chi connectivity index (χ3v) is 1.65. The van der Waals surface area contributed by atoms with E-state index in [0.29, 0.717) is 0 Å². The summed E-state index contributed by atoms with van der Waals surface area (Å²) in [4.78, 5) is 4.18. The van der Waals surface area contributed by atoms with E-state index < -0.39 is 0 Å². The van der Waals surface area contributed by atoms with Crippen molar-refractivity contribution in [2.24, 2.45) is 5.84 Å². The fourth-order valence-corrected chi connectivity index (χ4v) is 1.02. The van der Waals surface area contributed by atoms with Gasteiger partial charge in [-0.1, -0.05) is 12.1 Å². The Hall–Kier alpha value is -1.19. The van der Waals surface area contributed by atoms with Crippen LogP contribution in [-0.4, -0.2) is 4.98 Å². The molecule has 0 saturated carbocycles. The zero-order valence-electron chi connectivity index (χ0n) is 6.90. The molecule has 3 N–H and O–H groups in total. The van der Waals surface area contributed by atoms with Crippen LogP contribution < -0.4 is 11.3 Å². The van der Waals surface area contributed by atoms with Gasteiger partial charge in [0.1, 0.15) is 0 Å². The van der Waals surface area contributed by atoms with Gasteiger partial charge in [-0.3, -0.25) is 16.3 Å². The van der Waals surface area contributed by atoms with Crippen molar-refractivity contribution >= 4 is 0 Å². The van der Waals surface area contributed by atoms with Gasteiger partial charge >= 0.3 is 0 Å². The number of hydrogen-bond acceptors (Lipinski definition) is 3. The lowest BCUT2D eigenvalue weighted by atomic mass is 10.1. The minimum absolute atomic E-state index is 0.0729. The fourth-order valence-electron chi connectivity index (χ4n) is 1.02. The molecule has 0 aromatic carbocycles. The first kappa shape index (κ1) is 8.90. The summed E-state index contributed by atoms with van der Waals surface area (Å²) < 4.78 is 0. The minimum atomic E-state index is 0.0729. The van der Waals surface area contributed by atoms with E-state index in [1.54, 1.807) is 6.20 Å². The Balaban J connectivity index is 2.72. The summed E-state index contributed by atoms with van der Waals surface area (Å²) in [7, 11) is 0. The standard InChI is InChI=1S/C9H13N3/c1-2-5-9(12-10)8-6-3-4-7-11-8/h2-4,6-7,9,12H,1,5,10H2. The van der Waals surface area contributed by atoms with Gasteiger partial charge < -0.3 is 0 Å². The summed E-state index contributed by atoms with van der Waals surface area (Å²) >= 11 is 0. The Kier molecular flexibility index (Phi) is 3.44. The van der Waals surface area contributed by atoms with E-state index in [4.69, 9.17) is 5.84 Å². The monoisotopic (exact) mass is 163 g/mol. The van der Waals surface area contributed by atoms with Crippen LogP contribution in [0.1, 0.15) is 18.2 Å². The molecule has 3 nitrogen and oxygen atoms in total. The number of nitrogens with one attached hydrogen (secondary N) is 1. The van der Waals surface area contributed by atoms with Crippen molar-refractivity contribution < 1.29 is 0 Å². The molecule has 0 radical (unpaired) electrons. The smallest absolute Gasteiger partial charge is 0.0666 e. The molecule has 0 bridgehead atoms. The largest absolute Gasteiger partial charge is 0.271 e. The van der Waals surface area contributed by atoms with Crippen LogP contribution in [0.4, 0.5) is 0 Å². The molecule has 0 aliphatic heterocycles. The van der Waals surface area contributed by atoms with Crippen LogP contribution in [0.15, 0.2) is 37.1 Å². The molecular weight excluding hydrogens is 150 g/mol.